The highest BCUT2D eigenvalue weighted by Gasteiger charge is 2.10. The summed E-state index contributed by atoms with van der Waals surface area (Å²) < 4.78 is 0. The maximum Gasteiger partial charge on any atom is 0.0704 e. The highest BCUT2D eigenvalue weighted by atomic mass is 32.2. The van der Waals surface area contributed by atoms with E-state index in [0.717, 1.165) is 17.7 Å². The number of aromatic nitrogens is 1. The summed E-state index contributed by atoms with van der Waals surface area (Å²) in [6, 6.07) is 11.0. The summed E-state index contributed by atoms with van der Waals surface area (Å²) in [6.45, 7) is 4.50. The smallest absolute Gasteiger partial charge is 0.0704 e. The van der Waals surface area contributed by atoms with Gasteiger partial charge in [-0.2, -0.15) is 11.8 Å². The van der Waals surface area contributed by atoms with E-state index in [4.69, 9.17) is 0 Å². The van der Waals surface area contributed by atoms with E-state index >= 15 is 0 Å². The van der Waals surface area contributed by atoms with Gasteiger partial charge in [-0.05, 0) is 36.4 Å². The molecule has 0 aliphatic rings. The second-order valence-electron chi connectivity index (χ2n) is 5.06. The molecular weight excluding hydrogens is 252 g/mol. The van der Waals surface area contributed by atoms with Crippen LogP contribution < -0.4 is 5.32 Å². The molecule has 0 bridgehead atoms. The fourth-order valence-corrected chi connectivity index (χ4v) is 3.05. The van der Waals surface area contributed by atoms with Gasteiger partial charge in [0.25, 0.3) is 0 Å². The van der Waals surface area contributed by atoms with E-state index in [0.29, 0.717) is 11.3 Å². The summed E-state index contributed by atoms with van der Waals surface area (Å²) >= 11 is 2.01. The number of nitrogens with one attached hydrogen (secondary N) is 1. The van der Waals surface area contributed by atoms with Gasteiger partial charge in [0.1, 0.15) is 0 Å². The van der Waals surface area contributed by atoms with Crippen molar-refractivity contribution < 1.29 is 0 Å². The lowest BCUT2D eigenvalue weighted by molar-refractivity contribution is 0.618. The Hall–Kier alpha value is -1.06. The average molecular weight is 274 g/mol. The Kier molecular flexibility index (Phi) is 5.23. The summed E-state index contributed by atoms with van der Waals surface area (Å²) in [6.07, 6.45) is 2.97. The molecule has 102 valence electrons. The Morgan fingerprint density at radius 3 is 2.74 bits per heavy atom. The minimum Gasteiger partial charge on any atom is -0.316 e. The van der Waals surface area contributed by atoms with Crippen LogP contribution in [-0.4, -0.2) is 29.1 Å². The van der Waals surface area contributed by atoms with Gasteiger partial charge in [-0.3, -0.25) is 4.98 Å². The van der Waals surface area contributed by atoms with E-state index in [2.05, 4.69) is 55.5 Å². The van der Waals surface area contributed by atoms with Crippen LogP contribution in [-0.2, 0) is 6.42 Å². The molecule has 3 heteroatoms. The third-order valence-electron chi connectivity index (χ3n) is 3.24. The van der Waals surface area contributed by atoms with Crippen molar-refractivity contribution in [2.45, 2.75) is 31.6 Å². The first-order valence-corrected chi connectivity index (χ1v) is 7.87. The van der Waals surface area contributed by atoms with Crippen LogP contribution in [0.3, 0.4) is 0 Å². The van der Waals surface area contributed by atoms with Crippen molar-refractivity contribution in [3.8, 4) is 0 Å². The second-order valence-corrected chi connectivity index (χ2v) is 6.67. The number of pyridine rings is 1. The molecule has 1 unspecified atom stereocenters. The largest absolute Gasteiger partial charge is 0.316 e. The Bertz CT molecular complexity index is 520. The molecule has 19 heavy (non-hydrogen) atoms. The number of nitrogens with zero attached hydrogens (tertiary/aromatic N) is 1. The van der Waals surface area contributed by atoms with Crippen LogP contribution >= 0.6 is 11.8 Å². The van der Waals surface area contributed by atoms with Crippen molar-refractivity contribution in [3.05, 3.63) is 42.1 Å². The van der Waals surface area contributed by atoms with E-state index < -0.39 is 0 Å². The zero-order chi connectivity index (χ0) is 13.7. The number of thioether (sulfide) groups is 1. The number of likely N-dealkylation sites (N-methyl/N-ethyl adjacent to an activating group) is 1. The first kappa shape index (κ1) is 14.4. The molecule has 0 aliphatic heterocycles. The summed E-state index contributed by atoms with van der Waals surface area (Å²) in [5, 5.41) is 5.39. The number of benzene rings is 1. The zero-order valence-corrected chi connectivity index (χ0v) is 12.7. The normalized spacial score (nSPS) is 13.1. The Morgan fingerprint density at radius 2 is 2.00 bits per heavy atom. The molecule has 0 aliphatic carbocycles. The third-order valence-corrected chi connectivity index (χ3v) is 4.51. The van der Waals surface area contributed by atoms with E-state index in [1.54, 1.807) is 0 Å². The van der Waals surface area contributed by atoms with Crippen LogP contribution in [0.15, 0.2) is 36.5 Å². The van der Waals surface area contributed by atoms with Gasteiger partial charge in [-0.25, -0.2) is 0 Å². The molecule has 0 spiro atoms. The molecule has 2 aromatic rings. The molecule has 0 fully saturated rings. The molecule has 1 aromatic heterocycles. The maximum absolute atomic E-state index is 4.42. The Balaban J connectivity index is 2.15. The molecule has 0 saturated carbocycles. The van der Waals surface area contributed by atoms with Gasteiger partial charge in [0.15, 0.2) is 0 Å². The zero-order valence-electron chi connectivity index (χ0n) is 11.9. The van der Waals surface area contributed by atoms with Crippen molar-refractivity contribution >= 4 is 22.7 Å². The Labute approximate surface area is 120 Å². The predicted molar refractivity (Wildman–Crippen MR) is 85.9 cm³/mol. The van der Waals surface area contributed by atoms with Crippen molar-refractivity contribution in [1.82, 2.24) is 10.3 Å². The molecule has 2 nitrogen and oxygen atoms in total. The summed E-state index contributed by atoms with van der Waals surface area (Å²) in [5.74, 6) is 1.14. The van der Waals surface area contributed by atoms with Crippen molar-refractivity contribution in [3.63, 3.8) is 0 Å². The predicted octanol–water partition coefficient (Wildman–Crippen LogP) is 3.51. The summed E-state index contributed by atoms with van der Waals surface area (Å²) in [4.78, 5) is 4.42. The van der Waals surface area contributed by atoms with Crippen LogP contribution in [0.4, 0.5) is 0 Å². The first-order valence-electron chi connectivity index (χ1n) is 6.82. The standard InChI is InChI=1S/C16H22N2S/c1-12(2)19-11-14(17-3)10-13-8-9-18-16-7-5-4-6-15(13)16/h4-9,12,14,17H,10-11H2,1-3H3. The van der Waals surface area contributed by atoms with Gasteiger partial charge in [0.2, 0.25) is 0 Å². The minimum absolute atomic E-state index is 0.512. The molecule has 1 aromatic carbocycles. The summed E-state index contributed by atoms with van der Waals surface area (Å²) in [7, 11) is 2.05. The molecule has 1 N–H and O–H groups in total. The number of hydrogen-bond acceptors (Lipinski definition) is 3. The summed E-state index contributed by atoms with van der Waals surface area (Å²) in [5.41, 5.74) is 2.47. The average Bonchev–Trinajstić information content (AvgIpc) is 2.43. The van der Waals surface area contributed by atoms with E-state index in [1.165, 1.54) is 10.9 Å². The van der Waals surface area contributed by atoms with Gasteiger partial charge >= 0.3 is 0 Å². The number of para-hydroxylation sites is 1. The fourth-order valence-electron chi connectivity index (χ4n) is 2.15. The molecule has 1 atom stereocenters. The second kappa shape index (κ2) is 6.92. The number of fused-ring (bicyclic) bond motifs is 1. The highest BCUT2D eigenvalue weighted by Crippen LogP contribution is 2.19. The SMILES string of the molecule is CNC(CSC(C)C)Cc1ccnc2ccccc12. The van der Waals surface area contributed by atoms with E-state index in [1.807, 2.05) is 24.0 Å². The van der Waals surface area contributed by atoms with Crippen LogP contribution in [0.2, 0.25) is 0 Å². The number of hydrogen-bond donors (Lipinski definition) is 1. The van der Waals surface area contributed by atoms with Gasteiger partial charge in [-0.1, -0.05) is 32.0 Å². The molecule has 0 radical (unpaired) electrons. The molecule has 1 heterocycles. The van der Waals surface area contributed by atoms with Crippen LogP contribution in [0.5, 0.6) is 0 Å². The van der Waals surface area contributed by atoms with Gasteiger partial charge in [0.05, 0.1) is 5.52 Å². The molecule has 2 rings (SSSR count). The maximum atomic E-state index is 4.42. The lowest BCUT2D eigenvalue weighted by Crippen LogP contribution is -2.30. The highest BCUT2D eigenvalue weighted by molar-refractivity contribution is 7.99. The molecular formula is C16H22N2S. The topological polar surface area (TPSA) is 24.9 Å². The van der Waals surface area contributed by atoms with Crippen LogP contribution in [0.25, 0.3) is 10.9 Å². The Morgan fingerprint density at radius 1 is 1.21 bits per heavy atom. The number of rotatable bonds is 6. The minimum atomic E-state index is 0.512. The third kappa shape index (κ3) is 3.95. The van der Waals surface area contributed by atoms with E-state index in [9.17, 15) is 0 Å². The molecule has 0 amide bonds. The lowest BCUT2D eigenvalue weighted by atomic mass is 10.0. The molecule has 0 saturated heterocycles. The quantitative estimate of drug-likeness (QED) is 0.872. The van der Waals surface area contributed by atoms with Gasteiger partial charge < -0.3 is 5.32 Å². The fraction of sp³-hybridized carbons (Fsp3) is 0.438. The van der Waals surface area contributed by atoms with Crippen molar-refractivity contribution in [1.29, 1.82) is 0 Å². The first-order chi connectivity index (χ1) is 9.20. The van der Waals surface area contributed by atoms with Crippen LogP contribution in [0, 0.1) is 0 Å². The van der Waals surface area contributed by atoms with Gasteiger partial charge in [-0.15, -0.1) is 0 Å². The van der Waals surface area contributed by atoms with Crippen molar-refractivity contribution in [2.24, 2.45) is 0 Å². The van der Waals surface area contributed by atoms with Gasteiger partial charge in [0, 0.05) is 23.4 Å². The van der Waals surface area contributed by atoms with Crippen molar-refractivity contribution in [2.75, 3.05) is 12.8 Å². The lowest BCUT2D eigenvalue weighted by Gasteiger charge is -2.18. The van der Waals surface area contributed by atoms with Crippen LogP contribution in [0.1, 0.15) is 19.4 Å². The van der Waals surface area contributed by atoms with E-state index in [-0.39, 0.29) is 0 Å². The monoisotopic (exact) mass is 274 g/mol.